The minimum atomic E-state index is -0.00778. The minimum Gasteiger partial charge on any atom is -0.395 e. The van der Waals surface area contributed by atoms with Crippen molar-refractivity contribution >= 4 is 11.6 Å². The number of hydrogen-bond acceptors (Lipinski definition) is 3. The van der Waals surface area contributed by atoms with Crippen molar-refractivity contribution in [3.8, 4) is 0 Å². The summed E-state index contributed by atoms with van der Waals surface area (Å²) in [5, 5.41) is 7.07. The molecular weight excluding hydrogens is 228 g/mol. The number of anilines is 1. The molecule has 1 atom stereocenters. The maximum Gasteiger partial charge on any atom is 0.276 e. The van der Waals surface area contributed by atoms with Crippen molar-refractivity contribution in [2.75, 3.05) is 18.8 Å². The third-order valence-electron chi connectivity index (χ3n) is 4.17. The highest BCUT2D eigenvalue weighted by Gasteiger charge is 2.33. The summed E-state index contributed by atoms with van der Waals surface area (Å²) >= 11 is 0. The van der Waals surface area contributed by atoms with E-state index < -0.39 is 0 Å². The van der Waals surface area contributed by atoms with Crippen LogP contribution >= 0.6 is 0 Å². The average Bonchev–Trinajstić information content (AvgIpc) is 2.97. The molecule has 18 heavy (non-hydrogen) atoms. The zero-order chi connectivity index (χ0) is 12.7. The number of aromatic nitrogens is 2. The molecule has 3 N–H and O–H groups in total. The lowest BCUT2D eigenvalue weighted by Crippen LogP contribution is -2.29. The maximum absolute atomic E-state index is 12.3. The first kappa shape index (κ1) is 11.6. The first-order chi connectivity index (χ1) is 8.70. The number of nitrogen functional groups attached to an aromatic ring is 1. The summed E-state index contributed by atoms with van der Waals surface area (Å²) in [6.45, 7) is 3.86. The van der Waals surface area contributed by atoms with Crippen LogP contribution in [-0.2, 0) is 0 Å². The SMILES string of the molecule is CCC1CCN(C(=O)c2n[nH]c(C3CC3)c2N)C1. The van der Waals surface area contributed by atoms with Crippen molar-refractivity contribution in [1.29, 1.82) is 0 Å². The summed E-state index contributed by atoms with van der Waals surface area (Å²) in [5.41, 5.74) is 8.00. The molecule has 1 aliphatic carbocycles. The lowest BCUT2D eigenvalue weighted by Gasteiger charge is -2.15. The Morgan fingerprint density at radius 3 is 2.89 bits per heavy atom. The van der Waals surface area contributed by atoms with Crippen LogP contribution in [0.15, 0.2) is 0 Å². The van der Waals surface area contributed by atoms with E-state index in [2.05, 4.69) is 17.1 Å². The summed E-state index contributed by atoms with van der Waals surface area (Å²) in [6.07, 6.45) is 4.54. The number of nitrogens with zero attached hydrogens (tertiary/aromatic N) is 2. The van der Waals surface area contributed by atoms with Gasteiger partial charge in [0.2, 0.25) is 0 Å². The van der Waals surface area contributed by atoms with E-state index in [0.717, 1.165) is 44.5 Å². The van der Waals surface area contributed by atoms with Gasteiger partial charge in [0.1, 0.15) is 0 Å². The zero-order valence-electron chi connectivity index (χ0n) is 10.8. The number of nitrogens with one attached hydrogen (secondary N) is 1. The van der Waals surface area contributed by atoms with Crippen molar-refractivity contribution in [3.05, 3.63) is 11.4 Å². The number of amides is 1. The van der Waals surface area contributed by atoms with E-state index in [9.17, 15) is 4.79 Å². The largest absolute Gasteiger partial charge is 0.395 e. The summed E-state index contributed by atoms with van der Waals surface area (Å²) in [4.78, 5) is 14.2. The molecule has 2 aliphatic rings. The number of carbonyl (C=O) groups is 1. The molecule has 1 amide bonds. The molecule has 2 fully saturated rings. The summed E-state index contributed by atoms with van der Waals surface area (Å²) in [7, 11) is 0. The molecule has 5 heteroatoms. The Morgan fingerprint density at radius 2 is 2.28 bits per heavy atom. The van der Waals surface area contributed by atoms with Crippen molar-refractivity contribution in [2.45, 2.75) is 38.5 Å². The zero-order valence-corrected chi connectivity index (χ0v) is 10.8. The van der Waals surface area contributed by atoms with Gasteiger partial charge in [0, 0.05) is 19.0 Å². The van der Waals surface area contributed by atoms with Crippen LogP contribution in [0.5, 0.6) is 0 Å². The number of H-pyrrole nitrogens is 1. The van der Waals surface area contributed by atoms with Crippen LogP contribution in [0.25, 0.3) is 0 Å². The second kappa shape index (κ2) is 4.30. The van der Waals surface area contributed by atoms with Gasteiger partial charge in [-0.15, -0.1) is 0 Å². The predicted octanol–water partition coefficient (Wildman–Crippen LogP) is 1.74. The van der Waals surface area contributed by atoms with E-state index in [4.69, 9.17) is 5.73 Å². The Bertz CT molecular complexity index is 464. The van der Waals surface area contributed by atoms with Crippen LogP contribution in [0, 0.1) is 5.92 Å². The van der Waals surface area contributed by atoms with Gasteiger partial charge in [-0.3, -0.25) is 9.89 Å². The van der Waals surface area contributed by atoms with Crippen LogP contribution in [0.3, 0.4) is 0 Å². The molecule has 1 unspecified atom stereocenters. The predicted molar refractivity (Wildman–Crippen MR) is 69.3 cm³/mol. The van der Waals surface area contributed by atoms with Gasteiger partial charge >= 0.3 is 0 Å². The molecule has 1 saturated heterocycles. The molecule has 0 spiro atoms. The van der Waals surface area contributed by atoms with Crippen molar-refractivity contribution < 1.29 is 4.79 Å². The smallest absolute Gasteiger partial charge is 0.276 e. The van der Waals surface area contributed by atoms with Gasteiger partial charge in [-0.25, -0.2) is 0 Å². The van der Waals surface area contributed by atoms with Crippen LogP contribution < -0.4 is 5.73 Å². The number of hydrogen-bond donors (Lipinski definition) is 2. The van der Waals surface area contributed by atoms with Crippen LogP contribution in [0.2, 0.25) is 0 Å². The fourth-order valence-corrected chi connectivity index (χ4v) is 2.71. The Balaban J connectivity index is 1.76. The molecule has 1 aromatic heterocycles. The van der Waals surface area contributed by atoms with Gasteiger partial charge in [-0.05, 0) is 25.2 Å². The van der Waals surface area contributed by atoms with E-state index >= 15 is 0 Å². The first-order valence-corrected chi connectivity index (χ1v) is 6.83. The topological polar surface area (TPSA) is 75.0 Å². The van der Waals surface area contributed by atoms with Crippen molar-refractivity contribution in [3.63, 3.8) is 0 Å². The van der Waals surface area contributed by atoms with Crippen molar-refractivity contribution in [1.82, 2.24) is 15.1 Å². The van der Waals surface area contributed by atoms with E-state index in [-0.39, 0.29) is 5.91 Å². The summed E-state index contributed by atoms with van der Waals surface area (Å²) < 4.78 is 0. The number of aromatic amines is 1. The van der Waals surface area contributed by atoms with Crippen LogP contribution in [-0.4, -0.2) is 34.1 Å². The second-order valence-corrected chi connectivity index (χ2v) is 5.49. The highest BCUT2D eigenvalue weighted by Crippen LogP contribution is 2.42. The average molecular weight is 248 g/mol. The fourth-order valence-electron chi connectivity index (χ4n) is 2.71. The number of rotatable bonds is 3. The Hall–Kier alpha value is -1.52. The van der Waals surface area contributed by atoms with Gasteiger partial charge in [0.15, 0.2) is 5.69 Å². The molecule has 98 valence electrons. The molecule has 0 radical (unpaired) electrons. The van der Waals surface area contributed by atoms with Gasteiger partial charge in [-0.2, -0.15) is 5.10 Å². The van der Waals surface area contributed by atoms with E-state index in [1.807, 2.05) is 4.90 Å². The van der Waals surface area contributed by atoms with Gasteiger partial charge in [0.25, 0.3) is 5.91 Å². The summed E-state index contributed by atoms with van der Waals surface area (Å²) in [6, 6.07) is 0. The second-order valence-electron chi connectivity index (χ2n) is 5.49. The van der Waals surface area contributed by atoms with Gasteiger partial charge in [-0.1, -0.05) is 13.3 Å². The maximum atomic E-state index is 12.3. The number of carbonyl (C=O) groups excluding carboxylic acids is 1. The third kappa shape index (κ3) is 1.87. The van der Waals surface area contributed by atoms with Crippen LogP contribution in [0.1, 0.15) is 54.7 Å². The molecule has 3 rings (SSSR count). The molecule has 5 nitrogen and oxygen atoms in total. The lowest BCUT2D eigenvalue weighted by molar-refractivity contribution is 0.0782. The normalized spacial score (nSPS) is 23.6. The third-order valence-corrected chi connectivity index (χ3v) is 4.17. The molecule has 2 heterocycles. The monoisotopic (exact) mass is 248 g/mol. The molecule has 1 aromatic rings. The highest BCUT2D eigenvalue weighted by atomic mass is 16.2. The molecule has 0 aromatic carbocycles. The number of likely N-dealkylation sites (tertiary alicyclic amines) is 1. The van der Waals surface area contributed by atoms with Crippen molar-refractivity contribution in [2.24, 2.45) is 5.92 Å². The highest BCUT2D eigenvalue weighted by molar-refractivity contribution is 5.97. The van der Waals surface area contributed by atoms with E-state index in [0.29, 0.717) is 23.2 Å². The van der Waals surface area contributed by atoms with Gasteiger partial charge in [0.05, 0.1) is 11.4 Å². The fraction of sp³-hybridized carbons (Fsp3) is 0.692. The Morgan fingerprint density at radius 1 is 1.50 bits per heavy atom. The molecule has 1 saturated carbocycles. The Labute approximate surface area is 107 Å². The van der Waals surface area contributed by atoms with E-state index in [1.54, 1.807) is 0 Å². The molecular formula is C13H20N4O. The standard InChI is InChI=1S/C13H20N4O/c1-2-8-5-6-17(7-8)13(18)12-10(14)11(15-16-12)9-3-4-9/h8-9H,2-7,14H2,1H3,(H,15,16). The molecule has 0 bridgehead atoms. The molecule has 1 aliphatic heterocycles. The minimum absolute atomic E-state index is 0.00778. The lowest BCUT2D eigenvalue weighted by atomic mass is 10.1. The van der Waals surface area contributed by atoms with E-state index in [1.165, 1.54) is 0 Å². The van der Waals surface area contributed by atoms with Gasteiger partial charge < -0.3 is 10.6 Å². The number of nitrogens with two attached hydrogens (primary N) is 1. The quantitative estimate of drug-likeness (QED) is 0.855. The Kier molecular flexibility index (Phi) is 2.76. The summed E-state index contributed by atoms with van der Waals surface area (Å²) in [5.74, 6) is 1.13. The first-order valence-electron chi connectivity index (χ1n) is 6.83. The van der Waals surface area contributed by atoms with Crippen LogP contribution in [0.4, 0.5) is 5.69 Å².